The SMILES string of the molecule is Cn1cccc(-c2cccc(CN)c2)c1=O. The van der Waals surface area contributed by atoms with Crippen LogP contribution >= 0.6 is 0 Å². The Morgan fingerprint density at radius 2 is 2.06 bits per heavy atom. The molecule has 0 radical (unpaired) electrons. The van der Waals surface area contributed by atoms with Crippen LogP contribution in [0.1, 0.15) is 5.56 Å². The lowest BCUT2D eigenvalue weighted by atomic mass is 10.0. The number of pyridine rings is 1. The van der Waals surface area contributed by atoms with Gasteiger partial charge in [0.15, 0.2) is 0 Å². The Morgan fingerprint density at radius 1 is 1.25 bits per heavy atom. The fourth-order valence-electron chi connectivity index (χ4n) is 1.68. The van der Waals surface area contributed by atoms with Crippen LogP contribution in [0.2, 0.25) is 0 Å². The highest BCUT2D eigenvalue weighted by atomic mass is 16.1. The Labute approximate surface area is 94.1 Å². The molecule has 0 bridgehead atoms. The zero-order valence-electron chi connectivity index (χ0n) is 9.18. The van der Waals surface area contributed by atoms with Crippen LogP contribution in [-0.4, -0.2) is 4.57 Å². The van der Waals surface area contributed by atoms with Crippen LogP contribution in [0.5, 0.6) is 0 Å². The van der Waals surface area contributed by atoms with Crippen LogP contribution < -0.4 is 11.3 Å². The van der Waals surface area contributed by atoms with Gasteiger partial charge in [-0.2, -0.15) is 0 Å². The topological polar surface area (TPSA) is 48.0 Å². The van der Waals surface area contributed by atoms with Gasteiger partial charge in [-0.25, -0.2) is 0 Å². The minimum absolute atomic E-state index is 0.0108. The number of aryl methyl sites for hydroxylation is 1. The van der Waals surface area contributed by atoms with Gasteiger partial charge >= 0.3 is 0 Å². The zero-order valence-corrected chi connectivity index (χ0v) is 9.18. The minimum Gasteiger partial charge on any atom is -0.326 e. The van der Waals surface area contributed by atoms with Gasteiger partial charge in [-0.3, -0.25) is 4.79 Å². The first-order valence-corrected chi connectivity index (χ1v) is 5.17. The molecule has 1 aromatic carbocycles. The summed E-state index contributed by atoms with van der Waals surface area (Å²) in [7, 11) is 1.75. The van der Waals surface area contributed by atoms with Gasteiger partial charge in [0, 0.05) is 25.4 Å². The first-order chi connectivity index (χ1) is 7.72. The van der Waals surface area contributed by atoms with E-state index in [0.29, 0.717) is 12.1 Å². The summed E-state index contributed by atoms with van der Waals surface area (Å²) < 4.78 is 1.57. The number of rotatable bonds is 2. The lowest BCUT2D eigenvalue weighted by Gasteiger charge is -2.05. The standard InChI is InChI=1S/C13H14N2O/c1-15-7-3-6-12(13(15)16)11-5-2-4-10(8-11)9-14/h2-8H,9,14H2,1H3. The molecule has 3 heteroatoms. The Bertz CT molecular complexity index is 558. The van der Waals surface area contributed by atoms with Crippen LogP contribution in [0.4, 0.5) is 0 Å². The Hall–Kier alpha value is -1.87. The van der Waals surface area contributed by atoms with Gasteiger partial charge in [0.05, 0.1) is 0 Å². The number of hydrogen-bond donors (Lipinski definition) is 1. The third-order valence-corrected chi connectivity index (χ3v) is 2.60. The number of nitrogens with zero attached hydrogens (tertiary/aromatic N) is 1. The molecule has 2 aromatic rings. The van der Waals surface area contributed by atoms with Gasteiger partial charge in [-0.15, -0.1) is 0 Å². The predicted octanol–water partition coefficient (Wildman–Crippen LogP) is 1.51. The molecule has 0 saturated heterocycles. The summed E-state index contributed by atoms with van der Waals surface area (Å²) in [6.45, 7) is 0.487. The van der Waals surface area contributed by atoms with Crippen LogP contribution in [0.15, 0.2) is 47.4 Å². The van der Waals surface area contributed by atoms with E-state index in [4.69, 9.17) is 5.73 Å². The van der Waals surface area contributed by atoms with Crippen LogP contribution in [0.25, 0.3) is 11.1 Å². The van der Waals surface area contributed by atoms with Gasteiger partial charge in [0.25, 0.3) is 5.56 Å². The first kappa shape index (κ1) is 10.6. The van der Waals surface area contributed by atoms with Crippen molar-refractivity contribution in [3.8, 4) is 11.1 Å². The molecule has 0 fully saturated rings. The summed E-state index contributed by atoms with van der Waals surface area (Å²) in [6, 6.07) is 11.5. The van der Waals surface area contributed by atoms with Crippen molar-refractivity contribution in [1.82, 2.24) is 4.57 Å². The third-order valence-electron chi connectivity index (χ3n) is 2.60. The summed E-state index contributed by atoms with van der Waals surface area (Å²) in [5.74, 6) is 0. The molecule has 1 aromatic heterocycles. The zero-order chi connectivity index (χ0) is 11.5. The molecule has 0 aliphatic heterocycles. The molecule has 82 valence electrons. The number of nitrogens with two attached hydrogens (primary N) is 1. The smallest absolute Gasteiger partial charge is 0.258 e. The Balaban J connectivity index is 2.59. The molecule has 0 unspecified atom stereocenters. The van der Waals surface area contributed by atoms with Gasteiger partial charge in [-0.1, -0.05) is 18.2 Å². The molecule has 16 heavy (non-hydrogen) atoms. The van der Waals surface area contributed by atoms with E-state index in [1.165, 1.54) is 0 Å². The monoisotopic (exact) mass is 214 g/mol. The van der Waals surface area contributed by atoms with E-state index >= 15 is 0 Å². The number of benzene rings is 1. The molecule has 0 aliphatic carbocycles. The molecule has 0 atom stereocenters. The van der Waals surface area contributed by atoms with Gasteiger partial charge in [-0.05, 0) is 29.3 Å². The van der Waals surface area contributed by atoms with E-state index in [1.54, 1.807) is 17.8 Å². The minimum atomic E-state index is 0.0108. The first-order valence-electron chi connectivity index (χ1n) is 5.17. The molecule has 2 rings (SSSR count). The number of aromatic nitrogens is 1. The van der Waals surface area contributed by atoms with Crippen LogP contribution in [0.3, 0.4) is 0 Å². The molecular formula is C13H14N2O. The van der Waals surface area contributed by atoms with Gasteiger partial charge in [0.2, 0.25) is 0 Å². The van der Waals surface area contributed by atoms with Gasteiger partial charge in [0.1, 0.15) is 0 Å². The Kier molecular flexibility index (Phi) is 2.88. The van der Waals surface area contributed by atoms with Crippen molar-refractivity contribution in [3.63, 3.8) is 0 Å². The van der Waals surface area contributed by atoms with Crippen LogP contribution in [0, 0.1) is 0 Å². The van der Waals surface area contributed by atoms with E-state index in [1.807, 2.05) is 36.4 Å². The van der Waals surface area contributed by atoms with E-state index in [9.17, 15) is 4.79 Å². The lowest BCUT2D eigenvalue weighted by molar-refractivity contribution is 0.863. The van der Waals surface area contributed by atoms with Crippen molar-refractivity contribution in [2.45, 2.75) is 6.54 Å². The highest BCUT2D eigenvalue weighted by Gasteiger charge is 2.03. The third kappa shape index (κ3) is 1.90. The van der Waals surface area contributed by atoms with Crippen molar-refractivity contribution in [2.24, 2.45) is 12.8 Å². The molecule has 2 N–H and O–H groups in total. The molecule has 0 spiro atoms. The van der Waals surface area contributed by atoms with E-state index in [-0.39, 0.29) is 5.56 Å². The highest BCUT2D eigenvalue weighted by Crippen LogP contribution is 2.16. The maximum absolute atomic E-state index is 11.9. The molecular weight excluding hydrogens is 200 g/mol. The quantitative estimate of drug-likeness (QED) is 0.823. The molecule has 0 aliphatic rings. The molecule has 0 saturated carbocycles. The van der Waals surface area contributed by atoms with Crippen molar-refractivity contribution in [2.75, 3.05) is 0 Å². The second-order valence-corrected chi connectivity index (χ2v) is 3.74. The average Bonchev–Trinajstić information content (AvgIpc) is 2.33. The van der Waals surface area contributed by atoms with Crippen molar-refractivity contribution in [3.05, 3.63) is 58.5 Å². The molecule has 0 amide bonds. The normalized spacial score (nSPS) is 10.4. The van der Waals surface area contributed by atoms with Crippen molar-refractivity contribution < 1.29 is 0 Å². The highest BCUT2D eigenvalue weighted by molar-refractivity contribution is 5.63. The van der Waals surface area contributed by atoms with Gasteiger partial charge < -0.3 is 10.3 Å². The maximum Gasteiger partial charge on any atom is 0.258 e. The van der Waals surface area contributed by atoms with E-state index in [0.717, 1.165) is 11.1 Å². The van der Waals surface area contributed by atoms with E-state index < -0.39 is 0 Å². The summed E-state index contributed by atoms with van der Waals surface area (Å²) in [5.41, 5.74) is 8.25. The maximum atomic E-state index is 11.9. The number of hydrogen-bond acceptors (Lipinski definition) is 2. The van der Waals surface area contributed by atoms with Crippen molar-refractivity contribution >= 4 is 0 Å². The largest absolute Gasteiger partial charge is 0.326 e. The summed E-state index contributed by atoms with van der Waals surface area (Å²) in [4.78, 5) is 11.9. The molecule has 1 heterocycles. The fraction of sp³-hybridized carbons (Fsp3) is 0.154. The summed E-state index contributed by atoms with van der Waals surface area (Å²) in [5, 5.41) is 0. The fourth-order valence-corrected chi connectivity index (χ4v) is 1.68. The summed E-state index contributed by atoms with van der Waals surface area (Å²) >= 11 is 0. The predicted molar refractivity (Wildman–Crippen MR) is 65.0 cm³/mol. The van der Waals surface area contributed by atoms with Crippen LogP contribution in [-0.2, 0) is 13.6 Å². The van der Waals surface area contributed by atoms with Crippen molar-refractivity contribution in [1.29, 1.82) is 0 Å². The molecule has 3 nitrogen and oxygen atoms in total. The summed E-state index contributed by atoms with van der Waals surface area (Å²) in [6.07, 6.45) is 1.75. The lowest BCUT2D eigenvalue weighted by Crippen LogP contribution is -2.17. The average molecular weight is 214 g/mol. The second-order valence-electron chi connectivity index (χ2n) is 3.74. The second kappa shape index (κ2) is 4.33. The Morgan fingerprint density at radius 3 is 2.81 bits per heavy atom. The van der Waals surface area contributed by atoms with E-state index in [2.05, 4.69) is 0 Å².